The highest BCUT2D eigenvalue weighted by atomic mass is 16.5. The fourth-order valence-corrected chi connectivity index (χ4v) is 2.32. The number of amides is 1. The lowest BCUT2D eigenvalue weighted by Crippen LogP contribution is -2.14. The first-order chi connectivity index (χ1) is 11.6. The van der Waals surface area contributed by atoms with Crippen LogP contribution in [-0.2, 0) is 4.74 Å². The Balaban J connectivity index is 1.89. The van der Waals surface area contributed by atoms with E-state index in [1.165, 1.54) is 7.11 Å². The van der Waals surface area contributed by atoms with Gasteiger partial charge in [0.15, 0.2) is 5.76 Å². The molecule has 1 aromatic heterocycles. The molecule has 0 fully saturated rings. The van der Waals surface area contributed by atoms with Crippen molar-refractivity contribution in [1.29, 1.82) is 0 Å². The van der Waals surface area contributed by atoms with Gasteiger partial charge in [-0.05, 0) is 36.4 Å². The van der Waals surface area contributed by atoms with Gasteiger partial charge in [0.25, 0.3) is 5.91 Å². The number of para-hydroxylation sites is 1. The van der Waals surface area contributed by atoms with Crippen LogP contribution < -0.4 is 10.1 Å². The topological polar surface area (TPSA) is 77.8 Å². The Morgan fingerprint density at radius 3 is 2.58 bits per heavy atom. The molecular formula is C18H15NO5. The summed E-state index contributed by atoms with van der Waals surface area (Å²) in [4.78, 5) is 24.2. The van der Waals surface area contributed by atoms with Crippen LogP contribution in [-0.4, -0.2) is 26.1 Å². The van der Waals surface area contributed by atoms with E-state index in [-0.39, 0.29) is 11.3 Å². The first kappa shape index (κ1) is 15.6. The van der Waals surface area contributed by atoms with Crippen LogP contribution in [0.25, 0.3) is 11.0 Å². The van der Waals surface area contributed by atoms with Crippen molar-refractivity contribution in [1.82, 2.24) is 0 Å². The van der Waals surface area contributed by atoms with E-state index in [1.54, 1.807) is 55.6 Å². The minimum atomic E-state index is -0.528. The number of anilines is 1. The number of hydrogen-bond donors (Lipinski definition) is 1. The second-order valence-corrected chi connectivity index (χ2v) is 5.01. The largest absolute Gasteiger partial charge is 0.497 e. The summed E-state index contributed by atoms with van der Waals surface area (Å²) in [5, 5.41) is 3.42. The first-order valence-corrected chi connectivity index (χ1v) is 7.18. The van der Waals surface area contributed by atoms with E-state index in [0.29, 0.717) is 17.0 Å². The maximum atomic E-state index is 12.4. The Morgan fingerprint density at radius 2 is 1.83 bits per heavy atom. The Labute approximate surface area is 138 Å². The molecule has 1 amide bonds. The molecule has 0 radical (unpaired) electrons. The molecule has 6 heteroatoms. The van der Waals surface area contributed by atoms with Crippen molar-refractivity contribution in [3.8, 4) is 5.75 Å². The van der Waals surface area contributed by atoms with Gasteiger partial charge in [-0.1, -0.05) is 12.1 Å². The predicted octanol–water partition coefficient (Wildman–Crippen LogP) is 3.48. The Kier molecular flexibility index (Phi) is 4.20. The Bertz CT molecular complexity index is 913. The van der Waals surface area contributed by atoms with Crippen LogP contribution in [0.3, 0.4) is 0 Å². The summed E-state index contributed by atoms with van der Waals surface area (Å²) in [5.74, 6) is -0.175. The summed E-state index contributed by atoms with van der Waals surface area (Å²) in [7, 11) is 2.85. The fraction of sp³-hybridized carbons (Fsp3) is 0.111. The average Bonchev–Trinajstić information content (AvgIpc) is 3.04. The number of fused-ring (bicyclic) bond motifs is 1. The highest BCUT2D eigenvalue weighted by Crippen LogP contribution is 2.25. The molecule has 0 bridgehead atoms. The molecule has 122 valence electrons. The van der Waals surface area contributed by atoms with Gasteiger partial charge >= 0.3 is 5.97 Å². The quantitative estimate of drug-likeness (QED) is 0.743. The van der Waals surface area contributed by atoms with Gasteiger partial charge in [0, 0.05) is 5.39 Å². The number of rotatable bonds is 4. The molecule has 0 saturated carbocycles. The van der Waals surface area contributed by atoms with Gasteiger partial charge in [-0.2, -0.15) is 0 Å². The van der Waals surface area contributed by atoms with Crippen LogP contribution in [0.15, 0.2) is 52.9 Å². The Hall–Kier alpha value is -3.28. The zero-order valence-electron chi connectivity index (χ0n) is 13.2. The van der Waals surface area contributed by atoms with Crippen molar-refractivity contribution < 1.29 is 23.5 Å². The average molecular weight is 325 g/mol. The molecule has 2 aromatic carbocycles. The molecule has 0 aliphatic rings. The van der Waals surface area contributed by atoms with Gasteiger partial charge in [0.1, 0.15) is 11.3 Å². The van der Waals surface area contributed by atoms with E-state index in [4.69, 9.17) is 13.9 Å². The van der Waals surface area contributed by atoms with Crippen molar-refractivity contribution in [3.05, 3.63) is 59.9 Å². The second kappa shape index (κ2) is 6.45. The zero-order chi connectivity index (χ0) is 17.1. The van der Waals surface area contributed by atoms with Gasteiger partial charge in [-0.25, -0.2) is 4.79 Å². The van der Waals surface area contributed by atoms with E-state index in [0.717, 1.165) is 5.39 Å². The molecule has 24 heavy (non-hydrogen) atoms. The third-order valence-corrected chi connectivity index (χ3v) is 3.53. The zero-order valence-corrected chi connectivity index (χ0v) is 13.2. The SMILES string of the molecule is COC(=O)c1ccccc1NC(=O)c1cc2cc(OC)ccc2o1. The molecule has 0 unspecified atom stereocenters. The van der Waals surface area contributed by atoms with Crippen LogP contribution in [0.2, 0.25) is 0 Å². The molecule has 1 heterocycles. The van der Waals surface area contributed by atoms with Crippen LogP contribution in [0.4, 0.5) is 5.69 Å². The number of esters is 1. The molecule has 0 aliphatic heterocycles. The normalized spacial score (nSPS) is 10.4. The van der Waals surface area contributed by atoms with Crippen molar-refractivity contribution in [3.63, 3.8) is 0 Å². The second-order valence-electron chi connectivity index (χ2n) is 5.01. The maximum absolute atomic E-state index is 12.4. The molecule has 0 atom stereocenters. The van der Waals surface area contributed by atoms with Crippen LogP contribution in [0.1, 0.15) is 20.9 Å². The standard InChI is InChI=1S/C18H15NO5/c1-22-12-7-8-15-11(9-12)10-16(24-15)17(20)19-14-6-4-3-5-13(14)18(21)23-2/h3-10H,1-2H3,(H,19,20). The van der Waals surface area contributed by atoms with Crippen LogP contribution in [0.5, 0.6) is 5.75 Å². The van der Waals surface area contributed by atoms with E-state index < -0.39 is 11.9 Å². The maximum Gasteiger partial charge on any atom is 0.339 e. The third-order valence-electron chi connectivity index (χ3n) is 3.53. The third kappa shape index (κ3) is 2.94. The van der Waals surface area contributed by atoms with E-state index in [2.05, 4.69) is 5.32 Å². The summed E-state index contributed by atoms with van der Waals surface area (Å²) in [6, 6.07) is 13.5. The van der Waals surface area contributed by atoms with Crippen molar-refractivity contribution in [2.75, 3.05) is 19.5 Å². The van der Waals surface area contributed by atoms with Crippen molar-refractivity contribution >= 4 is 28.5 Å². The van der Waals surface area contributed by atoms with Gasteiger partial charge in [0.2, 0.25) is 0 Å². The van der Waals surface area contributed by atoms with Crippen molar-refractivity contribution in [2.24, 2.45) is 0 Å². The minimum Gasteiger partial charge on any atom is -0.497 e. The summed E-state index contributed by atoms with van der Waals surface area (Å²) in [6.45, 7) is 0. The summed E-state index contributed by atoms with van der Waals surface area (Å²) in [6.07, 6.45) is 0. The van der Waals surface area contributed by atoms with Gasteiger partial charge in [0.05, 0.1) is 25.5 Å². The number of carbonyl (C=O) groups excluding carboxylic acids is 2. The van der Waals surface area contributed by atoms with Crippen molar-refractivity contribution in [2.45, 2.75) is 0 Å². The number of ether oxygens (including phenoxy) is 2. The number of carbonyl (C=O) groups is 2. The monoisotopic (exact) mass is 325 g/mol. The number of furan rings is 1. The first-order valence-electron chi connectivity index (χ1n) is 7.18. The molecule has 1 N–H and O–H groups in total. The van der Waals surface area contributed by atoms with Gasteiger partial charge < -0.3 is 19.2 Å². The summed E-state index contributed by atoms with van der Waals surface area (Å²) >= 11 is 0. The number of hydrogen-bond acceptors (Lipinski definition) is 5. The molecule has 0 saturated heterocycles. The molecule has 6 nitrogen and oxygen atoms in total. The molecule has 3 rings (SSSR count). The van der Waals surface area contributed by atoms with E-state index >= 15 is 0 Å². The molecular weight excluding hydrogens is 310 g/mol. The molecule has 0 aliphatic carbocycles. The highest BCUT2D eigenvalue weighted by Gasteiger charge is 2.17. The smallest absolute Gasteiger partial charge is 0.339 e. The number of nitrogens with one attached hydrogen (secondary N) is 1. The molecule has 3 aromatic rings. The molecule has 0 spiro atoms. The lowest BCUT2D eigenvalue weighted by atomic mass is 10.1. The van der Waals surface area contributed by atoms with Crippen LogP contribution in [0, 0.1) is 0 Å². The van der Waals surface area contributed by atoms with E-state index in [9.17, 15) is 9.59 Å². The highest BCUT2D eigenvalue weighted by molar-refractivity contribution is 6.08. The fourth-order valence-electron chi connectivity index (χ4n) is 2.32. The summed E-state index contributed by atoms with van der Waals surface area (Å²) in [5.41, 5.74) is 1.20. The number of benzene rings is 2. The Morgan fingerprint density at radius 1 is 1.04 bits per heavy atom. The summed E-state index contributed by atoms with van der Waals surface area (Å²) < 4.78 is 15.4. The number of methoxy groups -OCH3 is 2. The van der Waals surface area contributed by atoms with Gasteiger partial charge in [-0.3, -0.25) is 4.79 Å². The van der Waals surface area contributed by atoms with Crippen LogP contribution >= 0.6 is 0 Å². The van der Waals surface area contributed by atoms with E-state index in [1.807, 2.05) is 0 Å². The predicted molar refractivity (Wildman–Crippen MR) is 88.5 cm³/mol. The lowest BCUT2D eigenvalue weighted by Gasteiger charge is -2.08. The lowest BCUT2D eigenvalue weighted by molar-refractivity contribution is 0.0602. The minimum absolute atomic E-state index is 0.137. The van der Waals surface area contributed by atoms with Gasteiger partial charge in [-0.15, -0.1) is 0 Å².